The Morgan fingerprint density at radius 3 is 2.61 bits per heavy atom. The number of benzene rings is 2. The maximum atomic E-state index is 13.5. The van der Waals surface area contributed by atoms with Crippen molar-refractivity contribution in [1.82, 2.24) is 4.98 Å². The lowest BCUT2D eigenvalue weighted by molar-refractivity contribution is 0.171. The molecule has 0 atom stereocenters. The van der Waals surface area contributed by atoms with Crippen LogP contribution in [0, 0.1) is 6.92 Å². The number of thiophene rings is 1. The van der Waals surface area contributed by atoms with Crippen molar-refractivity contribution in [3.05, 3.63) is 65.5 Å². The fourth-order valence-corrected chi connectivity index (χ4v) is 5.15. The molecule has 5 rings (SSSR count). The molecule has 0 bridgehead atoms. The Balaban J connectivity index is 1.61. The van der Waals surface area contributed by atoms with Crippen LogP contribution < -0.4 is 14.8 Å². The van der Waals surface area contributed by atoms with E-state index in [1.54, 1.807) is 6.07 Å². The Morgan fingerprint density at radius 2 is 1.84 bits per heavy atom. The third-order valence-corrected chi connectivity index (χ3v) is 7.20. The lowest BCUT2D eigenvalue weighted by Gasteiger charge is -2.18. The van der Waals surface area contributed by atoms with Gasteiger partial charge in [0.1, 0.15) is 13.2 Å². The van der Waals surface area contributed by atoms with E-state index in [0.29, 0.717) is 30.4 Å². The number of nitrogens with zero attached hydrogens (tertiary/aromatic N) is 1. The standard InChI is InChI=1S/C22H18N2O5S2/c1-14-4-2-5-15(12-14)23-21-22(24-20(29-21)19-6-3-11-30-19)31(25,26)16-7-8-17-18(13-16)28-10-9-27-17/h2-8,11-13,23H,9-10H2,1H3. The largest absolute Gasteiger partial charge is 0.486 e. The van der Waals surface area contributed by atoms with Gasteiger partial charge in [0.2, 0.25) is 26.6 Å². The average molecular weight is 455 g/mol. The number of anilines is 2. The number of hydrogen-bond donors (Lipinski definition) is 1. The number of rotatable bonds is 5. The molecule has 1 aliphatic rings. The fraction of sp³-hybridized carbons (Fsp3) is 0.136. The van der Waals surface area contributed by atoms with Crippen molar-refractivity contribution >= 4 is 32.7 Å². The molecular weight excluding hydrogens is 436 g/mol. The van der Waals surface area contributed by atoms with Crippen molar-refractivity contribution < 1.29 is 22.3 Å². The Labute approximate surface area is 183 Å². The number of fused-ring (bicyclic) bond motifs is 1. The molecule has 1 aliphatic heterocycles. The zero-order valence-electron chi connectivity index (χ0n) is 16.5. The maximum Gasteiger partial charge on any atom is 0.240 e. The Kier molecular flexibility index (Phi) is 4.91. The summed E-state index contributed by atoms with van der Waals surface area (Å²) in [6, 6.07) is 15.8. The minimum Gasteiger partial charge on any atom is -0.486 e. The summed E-state index contributed by atoms with van der Waals surface area (Å²) in [6.07, 6.45) is 0. The van der Waals surface area contributed by atoms with Gasteiger partial charge in [0, 0.05) is 11.8 Å². The van der Waals surface area contributed by atoms with Crippen LogP contribution in [0.25, 0.3) is 10.8 Å². The van der Waals surface area contributed by atoms with Crippen molar-refractivity contribution in [1.29, 1.82) is 0 Å². The van der Waals surface area contributed by atoms with Gasteiger partial charge in [0.15, 0.2) is 11.5 Å². The minimum atomic E-state index is -4.00. The SMILES string of the molecule is Cc1cccc(Nc2oc(-c3cccs3)nc2S(=O)(=O)c2ccc3c(c2)OCCO3)c1. The highest BCUT2D eigenvalue weighted by atomic mass is 32.2. The topological polar surface area (TPSA) is 90.7 Å². The zero-order chi connectivity index (χ0) is 21.4. The molecule has 0 aliphatic carbocycles. The first-order valence-electron chi connectivity index (χ1n) is 9.54. The van der Waals surface area contributed by atoms with Gasteiger partial charge in [-0.15, -0.1) is 11.3 Å². The van der Waals surface area contributed by atoms with Gasteiger partial charge in [-0.1, -0.05) is 18.2 Å². The third-order valence-electron chi connectivity index (χ3n) is 4.68. The average Bonchev–Trinajstić information content (AvgIpc) is 3.44. The van der Waals surface area contributed by atoms with Gasteiger partial charge >= 0.3 is 0 Å². The van der Waals surface area contributed by atoms with Crippen LogP contribution in [-0.2, 0) is 9.84 Å². The molecule has 0 unspecified atom stereocenters. The highest BCUT2D eigenvalue weighted by Gasteiger charge is 2.30. The van der Waals surface area contributed by atoms with Crippen molar-refractivity contribution in [2.24, 2.45) is 0 Å². The Morgan fingerprint density at radius 1 is 1.00 bits per heavy atom. The van der Waals surface area contributed by atoms with E-state index in [9.17, 15) is 8.42 Å². The number of aromatic nitrogens is 1. The van der Waals surface area contributed by atoms with Gasteiger partial charge in [-0.2, -0.15) is 4.98 Å². The minimum absolute atomic E-state index is 0.0510. The highest BCUT2D eigenvalue weighted by molar-refractivity contribution is 7.91. The zero-order valence-corrected chi connectivity index (χ0v) is 18.1. The van der Waals surface area contributed by atoms with Crippen LogP contribution in [0.15, 0.2) is 74.3 Å². The molecule has 9 heteroatoms. The fourth-order valence-electron chi connectivity index (χ4n) is 3.23. The third kappa shape index (κ3) is 3.77. The van der Waals surface area contributed by atoms with Gasteiger partial charge in [0.05, 0.1) is 9.77 Å². The molecule has 3 heterocycles. The van der Waals surface area contributed by atoms with E-state index in [0.717, 1.165) is 10.4 Å². The summed E-state index contributed by atoms with van der Waals surface area (Å²) in [5.41, 5.74) is 1.73. The van der Waals surface area contributed by atoms with E-state index in [1.165, 1.54) is 23.5 Å². The number of sulfone groups is 1. The van der Waals surface area contributed by atoms with Crippen LogP contribution in [-0.4, -0.2) is 26.6 Å². The molecule has 0 saturated heterocycles. The van der Waals surface area contributed by atoms with E-state index >= 15 is 0 Å². The summed E-state index contributed by atoms with van der Waals surface area (Å²) >= 11 is 1.42. The van der Waals surface area contributed by atoms with Crippen LogP contribution in [0.3, 0.4) is 0 Å². The first kappa shape index (κ1) is 19.7. The van der Waals surface area contributed by atoms with Gasteiger partial charge in [0.25, 0.3) is 0 Å². The number of oxazole rings is 1. The van der Waals surface area contributed by atoms with Crippen molar-refractivity contribution in [3.63, 3.8) is 0 Å². The molecule has 0 amide bonds. The summed E-state index contributed by atoms with van der Waals surface area (Å²) in [5, 5.41) is 4.77. The van der Waals surface area contributed by atoms with Crippen molar-refractivity contribution in [3.8, 4) is 22.3 Å². The van der Waals surface area contributed by atoms with Gasteiger partial charge < -0.3 is 19.2 Å². The summed E-state index contributed by atoms with van der Waals surface area (Å²) in [6.45, 7) is 2.75. The molecular formula is C22H18N2O5S2. The predicted octanol–water partition coefficient (Wildman–Crippen LogP) is 5.06. The van der Waals surface area contributed by atoms with E-state index in [4.69, 9.17) is 13.9 Å². The first-order valence-corrected chi connectivity index (χ1v) is 11.9. The Hall–Kier alpha value is -3.30. The summed E-state index contributed by atoms with van der Waals surface area (Å²) in [5.74, 6) is 1.20. The van der Waals surface area contributed by atoms with Gasteiger partial charge in [-0.05, 0) is 48.2 Å². The lowest BCUT2D eigenvalue weighted by atomic mass is 10.2. The van der Waals surface area contributed by atoms with E-state index in [-0.39, 0.29) is 21.7 Å². The summed E-state index contributed by atoms with van der Waals surface area (Å²) in [4.78, 5) is 5.14. The maximum absolute atomic E-state index is 13.5. The molecule has 2 aromatic carbocycles. The lowest BCUT2D eigenvalue weighted by Crippen LogP contribution is -2.16. The molecule has 4 aromatic rings. The number of hydrogen-bond acceptors (Lipinski definition) is 8. The molecule has 31 heavy (non-hydrogen) atoms. The second-order valence-electron chi connectivity index (χ2n) is 6.93. The summed E-state index contributed by atoms with van der Waals surface area (Å²) in [7, 11) is -4.00. The second kappa shape index (κ2) is 7.75. The van der Waals surface area contributed by atoms with E-state index in [1.807, 2.05) is 48.7 Å². The molecule has 2 aromatic heterocycles. The quantitative estimate of drug-likeness (QED) is 0.451. The Bertz CT molecular complexity index is 1340. The number of aryl methyl sites for hydroxylation is 1. The smallest absolute Gasteiger partial charge is 0.240 e. The molecule has 158 valence electrons. The van der Waals surface area contributed by atoms with E-state index in [2.05, 4.69) is 10.3 Å². The molecule has 0 spiro atoms. The molecule has 0 saturated carbocycles. The second-order valence-corrected chi connectivity index (χ2v) is 9.75. The number of nitrogens with one attached hydrogen (secondary N) is 1. The molecule has 1 N–H and O–H groups in total. The summed E-state index contributed by atoms with van der Waals surface area (Å²) < 4.78 is 44.0. The van der Waals surface area contributed by atoms with E-state index < -0.39 is 9.84 Å². The van der Waals surface area contributed by atoms with Crippen LogP contribution >= 0.6 is 11.3 Å². The van der Waals surface area contributed by atoms with Crippen molar-refractivity contribution in [2.45, 2.75) is 16.8 Å². The van der Waals surface area contributed by atoms with Crippen LogP contribution in [0.4, 0.5) is 11.6 Å². The van der Waals surface area contributed by atoms with Gasteiger partial charge in [-0.25, -0.2) is 8.42 Å². The van der Waals surface area contributed by atoms with Crippen molar-refractivity contribution in [2.75, 3.05) is 18.5 Å². The van der Waals surface area contributed by atoms with Gasteiger partial charge in [-0.3, -0.25) is 0 Å². The highest BCUT2D eigenvalue weighted by Crippen LogP contribution is 2.38. The first-order chi connectivity index (χ1) is 15.0. The molecule has 7 nitrogen and oxygen atoms in total. The predicted molar refractivity (Wildman–Crippen MR) is 117 cm³/mol. The van der Waals surface area contributed by atoms with Crippen LogP contribution in [0.1, 0.15) is 5.56 Å². The van der Waals surface area contributed by atoms with Crippen LogP contribution in [0.2, 0.25) is 0 Å². The molecule has 0 radical (unpaired) electrons. The van der Waals surface area contributed by atoms with Crippen LogP contribution in [0.5, 0.6) is 11.5 Å². The number of ether oxygens (including phenoxy) is 2. The monoisotopic (exact) mass is 454 g/mol. The normalized spacial score (nSPS) is 13.2. The molecule has 0 fully saturated rings.